The average molecular weight is 636 g/mol. The van der Waals surface area contributed by atoms with Gasteiger partial charge in [0.25, 0.3) is 5.56 Å². The molecule has 3 aromatic rings. The normalized spacial score (nSPS) is 19.7. The van der Waals surface area contributed by atoms with E-state index in [1.807, 2.05) is 60.7 Å². The van der Waals surface area contributed by atoms with Gasteiger partial charge in [0, 0.05) is 10.4 Å². The zero-order valence-corrected chi connectivity index (χ0v) is 24.9. The third-order valence-electron chi connectivity index (χ3n) is 7.01. The van der Waals surface area contributed by atoms with Gasteiger partial charge in [0.1, 0.15) is 12.4 Å². The molecule has 3 aliphatic rings. The fourth-order valence-electron chi connectivity index (χ4n) is 5.05. The first-order valence-electron chi connectivity index (χ1n) is 13.3. The van der Waals surface area contributed by atoms with Crippen molar-refractivity contribution in [2.75, 3.05) is 13.4 Å². The molecule has 2 atom stereocenters. The average Bonchev–Trinajstić information content (AvgIpc) is 3.56. The number of aromatic nitrogens is 1. The van der Waals surface area contributed by atoms with Gasteiger partial charge < -0.3 is 18.9 Å². The van der Waals surface area contributed by atoms with Gasteiger partial charge in [-0.05, 0) is 49.6 Å². The molecular formula is C31H27BrN2O6S. The molecule has 0 bridgehead atoms. The summed E-state index contributed by atoms with van der Waals surface area (Å²) < 4.78 is 25.5. The summed E-state index contributed by atoms with van der Waals surface area (Å²) in [5.41, 5.74) is 2.43. The second-order valence-electron chi connectivity index (χ2n) is 9.71. The van der Waals surface area contributed by atoms with E-state index < -0.39 is 12.0 Å². The van der Waals surface area contributed by atoms with Gasteiger partial charge >= 0.3 is 5.97 Å². The van der Waals surface area contributed by atoms with Crippen LogP contribution >= 0.6 is 27.3 Å². The number of thiazole rings is 1. The number of benzene rings is 2. The van der Waals surface area contributed by atoms with Gasteiger partial charge in [0.2, 0.25) is 6.79 Å². The molecule has 2 aromatic carbocycles. The van der Waals surface area contributed by atoms with Gasteiger partial charge in [0.05, 0.1) is 28.5 Å². The highest BCUT2D eigenvalue weighted by atomic mass is 79.9. The van der Waals surface area contributed by atoms with Crippen molar-refractivity contribution in [3.8, 4) is 11.5 Å². The zero-order chi connectivity index (χ0) is 28.5. The van der Waals surface area contributed by atoms with E-state index in [1.165, 1.54) is 11.3 Å². The lowest BCUT2D eigenvalue weighted by molar-refractivity contribution is -0.139. The number of allylic oxidation sites excluding steroid dienone is 4. The first kappa shape index (κ1) is 27.3. The number of hydrogen-bond acceptors (Lipinski definition) is 8. The summed E-state index contributed by atoms with van der Waals surface area (Å²) in [7, 11) is 0. The standard InChI is InChI=1S/C31H27BrN2O6S/c1-3-37-30(36)27-18(2)33-31-34(28(27)21-10-12-24-25(15-21)40-17-39-24)29(35)26(41-31)14-20-9-11-23(22(32)13-20)38-16-19-7-5-4-6-8-19/h4-12,14-15,20,28H,3,13,16-17H2,1-2H3/b26-14-/t20-,28-/m1/s1. The van der Waals surface area contributed by atoms with Crippen LogP contribution in [0.5, 0.6) is 11.5 Å². The molecule has 0 spiro atoms. The zero-order valence-electron chi connectivity index (χ0n) is 22.5. The van der Waals surface area contributed by atoms with Gasteiger partial charge in [-0.2, -0.15) is 0 Å². The van der Waals surface area contributed by atoms with Crippen LogP contribution in [0, 0.1) is 5.92 Å². The number of fused-ring (bicyclic) bond motifs is 2. The first-order chi connectivity index (χ1) is 19.9. The SMILES string of the molecule is CCOC(=O)C1=C(C)N=c2s/c(=C\[C@@H]3C=CC(OCc4ccccc4)=C(Br)C3)c(=O)n2[C@@H]1c1ccc2c(c1)OCO2. The Hall–Kier alpha value is -3.89. The summed E-state index contributed by atoms with van der Waals surface area (Å²) in [5, 5.41) is 0. The number of hydrogen-bond donors (Lipinski definition) is 0. The van der Waals surface area contributed by atoms with Crippen molar-refractivity contribution < 1.29 is 23.7 Å². The smallest absolute Gasteiger partial charge is 0.338 e. The van der Waals surface area contributed by atoms with E-state index in [-0.39, 0.29) is 24.9 Å². The van der Waals surface area contributed by atoms with E-state index in [1.54, 1.807) is 24.5 Å². The maximum atomic E-state index is 13.9. The van der Waals surface area contributed by atoms with E-state index >= 15 is 0 Å². The van der Waals surface area contributed by atoms with Gasteiger partial charge in [-0.3, -0.25) is 9.36 Å². The van der Waals surface area contributed by atoms with Crippen LogP contribution in [-0.2, 0) is 20.9 Å². The van der Waals surface area contributed by atoms with E-state index in [0.29, 0.717) is 50.7 Å². The highest BCUT2D eigenvalue weighted by molar-refractivity contribution is 9.11. The highest BCUT2D eigenvalue weighted by Gasteiger charge is 2.34. The van der Waals surface area contributed by atoms with E-state index in [0.717, 1.165) is 15.8 Å². The number of carbonyl (C=O) groups excluding carboxylic acids is 1. The second kappa shape index (κ2) is 11.5. The van der Waals surface area contributed by atoms with Gasteiger partial charge in [-0.25, -0.2) is 9.79 Å². The lowest BCUT2D eigenvalue weighted by atomic mass is 9.95. The Morgan fingerprint density at radius 2 is 2.00 bits per heavy atom. The number of rotatable bonds is 7. The Labute approximate surface area is 248 Å². The number of halogens is 1. The molecule has 1 aliphatic carbocycles. The van der Waals surface area contributed by atoms with Crippen molar-refractivity contribution in [1.29, 1.82) is 0 Å². The summed E-state index contributed by atoms with van der Waals surface area (Å²) >= 11 is 4.98. The van der Waals surface area contributed by atoms with E-state index in [4.69, 9.17) is 18.9 Å². The maximum Gasteiger partial charge on any atom is 0.338 e. The van der Waals surface area contributed by atoms with Crippen LogP contribution < -0.4 is 24.4 Å². The Bertz CT molecular complexity index is 1790. The third-order valence-corrected chi connectivity index (χ3v) is 8.72. The summed E-state index contributed by atoms with van der Waals surface area (Å²) in [4.78, 5) is 32.2. The minimum absolute atomic E-state index is 0.0237. The van der Waals surface area contributed by atoms with Crippen molar-refractivity contribution in [2.24, 2.45) is 10.9 Å². The van der Waals surface area contributed by atoms with Gasteiger partial charge in [-0.15, -0.1) is 0 Å². The lowest BCUT2D eigenvalue weighted by Gasteiger charge is -2.24. The van der Waals surface area contributed by atoms with Crippen LogP contribution in [0.2, 0.25) is 0 Å². The van der Waals surface area contributed by atoms with Crippen LogP contribution in [0.1, 0.15) is 37.4 Å². The van der Waals surface area contributed by atoms with Crippen molar-refractivity contribution in [3.05, 3.63) is 113 Å². The molecule has 1 aromatic heterocycles. The predicted molar refractivity (Wildman–Crippen MR) is 158 cm³/mol. The Morgan fingerprint density at radius 1 is 1.20 bits per heavy atom. The van der Waals surface area contributed by atoms with Crippen LogP contribution in [0.15, 0.2) is 92.0 Å². The summed E-state index contributed by atoms with van der Waals surface area (Å²) in [6, 6.07) is 14.7. The van der Waals surface area contributed by atoms with E-state index in [2.05, 4.69) is 20.9 Å². The van der Waals surface area contributed by atoms with Crippen molar-refractivity contribution in [2.45, 2.75) is 32.9 Å². The van der Waals surface area contributed by atoms with Crippen LogP contribution in [-0.4, -0.2) is 23.9 Å². The van der Waals surface area contributed by atoms with E-state index in [9.17, 15) is 9.59 Å². The lowest BCUT2D eigenvalue weighted by Crippen LogP contribution is -2.40. The Balaban J connectivity index is 1.34. The highest BCUT2D eigenvalue weighted by Crippen LogP contribution is 2.38. The molecule has 0 saturated heterocycles. The molecule has 0 amide bonds. The molecule has 0 N–H and O–H groups in total. The summed E-state index contributed by atoms with van der Waals surface area (Å²) in [5.74, 6) is 1.44. The minimum atomic E-state index is -0.714. The van der Waals surface area contributed by atoms with Crippen molar-refractivity contribution in [1.82, 2.24) is 4.57 Å². The predicted octanol–water partition coefficient (Wildman–Crippen LogP) is 4.88. The number of esters is 1. The van der Waals surface area contributed by atoms with Gasteiger partial charge in [-0.1, -0.05) is 75.8 Å². The molecule has 10 heteroatoms. The first-order valence-corrected chi connectivity index (χ1v) is 14.9. The Morgan fingerprint density at radius 3 is 2.78 bits per heavy atom. The number of nitrogens with zero attached hydrogens (tertiary/aromatic N) is 2. The van der Waals surface area contributed by atoms with Crippen molar-refractivity contribution in [3.63, 3.8) is 0 Å². The Kier molecular flexibility index (Phi) is 7.68. The number of ether oxygens (including phenoxy) is 4. The fraction of sp³-hybridized carbons (Fsp3) is 0.258. The quantitative estimate of drug-likeness (QED) is 0.344. The molecule has 8 nitrogen and oxygen atoms in total. The topological polar surface area (TPSA) is 88.4 Å². The fourth-order valence-corrected chi connectivity index (χ4v) is 6.77. The molecule has 6 rings (SSSR count). The van der Waals surface area contributed by atoms with Gasteiger partial charge in [0.15, 0.2) is 16.3 Å². The molecule has 41 heavy (non-hydrogen) atoms. The molecule has 3 heterocycles. The summed E-state index contributed by atoms with van der Waals surface area (Å²) in [6.07, 6.45) is 6.58. The maximum absolute atomic E-state index is 13.9. The largest absolute Gasteiger partial charge is 0.488 e. The third kappa shape index (κ3) is 5.41. The number of carbonyl (C=O) groups is 1. The molecular weight excluding hydrogens is 608 g/mol. The molecule has 0 fully saturated rings. The molecule has 0 saturated carbocycles. The monoisotopic (exact) mass is 634 g/mol. The van der Waals surface area contributed by atoms with Crippen LogP contribution in [0.4, 0.5) is 0 Å². The molecule has 0 radical (unpaired) electrons. The van der Waals surface area contributed by atoms with Crippen LogP contribution in [0.3, 0.4) is 0 Å². The van der Waals surface area contributed by atoms with Crippen LogP contribution in [0.25, 0.3) is 6.08 Å². The summed E-state index contributed by atoms with van der Waals surface area (Å²) in [6.45, 7) is 4.33. The minimum Gasteiger partial charge on any atom is -0.488 e. The second-order valence-corrected chi connectivity index (χ2v) is 11.7. The molecule has 210 valence electrons. The molecule has 2 aliphatic heterocycles. The van der Waals surface area contributed by atoms with Crippen molar-refractivity contribution >= 4 is 39.3 Å². The molecule has 0 unspecified atom stereocenters.